The summed E-state index contributed by atoms with van der Waals surface area (Å²) in [6, 6.07) is 0. The second-order valence-electron chi connectivity index (χ2n) is 2.59. The van der Waals surface area contributed by atoms with E-state index in [9.17, 15) is 4.79 Å². The van der Waals surface area contributed by atoms with E-state index in [4.69, 9.17) is 9.84 Å². The minimum absolute atomic E-state index is 0.255. The minimum atomic E-state index is -0.954. The van der Waals surface area contributed by atoms with E-state index in [2.05, 4.69) is 14.2 Å². The Morgan fingerprint density at radius 3 is 2.33 bits per heavy atom. The van der Waals surface area contributed by atoms with E-state index in [1.54, 1.807) is 0 Å². The van der Waals surface area contributed by atoms with Gasteiger partial charge in [0.1, 0.15) is 6.61 Å². The van der Waals surface area contributed by atoms with Gasteiger partial charge in [-0.1, -0.05) is 0 Å². The van der Waals surface area contributed by atoms with E-state index in [0.29, 0.717) is 33.0 Å². The van der Waals surface area contributed by atoms with Crippen LogP contribution in [0.5, 0.6) is 0 Å². The Kier molecular flexibility index (Phi) is 9.40. The highest BCUT2D eigenvalue weighted by atomic mass is 16.8. The number of esters is 1. The molecule has 15 heavy (non-hydrogen) atoms. The first-order valence-electron chi connectivity index (χ1n) is 4.79. The zero-order chi connectivity index (χ0) is 11.5. The molecule has 0 aliphatic carbocycles. The van der Waals surface area contributed by atoms with Gasteiger partial charge in [0.15, 0.2) is 0 Å². The Morgan fingerprint density at radius 1 is 1.40 bits per heavy atom. The molecule has 0 unspecified atom stereocenters. The van der Waals surface area contributed by atoms with E-state index in [-0.39, 0.29) is 5.97 Å². The van der Waals surface area contributed by atoms with Gasteiger partial charge in [-0.3, -0.25) is 4.79 Å². The van der Waals surface area contributed by atoms with Gasteiger partial charge in [0, 0.05) is 13.5 Å². The smallest absolute Gasteiger partial charge is 0.302 e. The summed E-state index contributed by atoms with van der Waals surface area (Å²) in [6.45, 7) is 4.88. The second-order valence-corrected chi connectivity index (χ2v) is 2.59. The molecule has 1 heterocycles. The van der Waals surface area contributed by atoms with Crippen molar-refractivity contribution in [3.8, 4) is 0 Å². The van der Waals surface area contributed by atoms with Gasteiger partial charge in [-0.05, 0) is 6.92 Å². The molecule has 0 bridgehead atoms. The van der Waals surface area contributed by atoms with Crippen LogP contribution in [0.3, 0.4) is 0 Å². The van der Waals surface area contributed by atoms with Crippen LogP contribution in [0.4, 0.5) is 0 Å². The minimum Gasteiger partial charge on any atom is -0.463 e. The third-order valence-corrected chi connectivity index (χ3v) is 1.34. The Hall–Kier alpha value is -0.690. The van der Waals surface area contributed by atoms with Gasteiger partial charge in [0.05, 0.1) is 19.8 Å². The molecule has 0 saturated carbocycles. The summed E-state index contributed by atoms with van der Waals surface area (Å²) in [6.07, 6.45) is 0. The predicted molar refractivity (Wildman–Crippen MR) is 51.0 cm³/mol. The molecule has 6 heteroatoms. The molecule has 1 N–H and O–H groups in total. The Bertz CT molecular complexity index is 155. The third-order valence-electron chi connectivity index (χ3n) is 1.34. The molecule has 0 aromatic rings. The fraction of sp³-hybridized carbons (Fsp3) is 0.889. The Morgan fingerprint density at radius 2 is 2.00 bits per heavy atom. The maximum Gasteiger partial charge on any atom is 0.302 e. The fourth-order valence-corrected chi connectivity index (χ4v) is 0.735. The largest absolute Gasteiger partial charge is 0.463 e. The second kappa shape index (κ2) is 9.85. The molecular formula is C9H18O6. The summed E-state index contributed by atoms with van der Waals surface area (Å²) in [5, 5.41) is 8.28. The van der Waals surface area contributed by atoms with Crippen molar-refractivity contribution in [2.24, 2.45) is 0 Å². The first kappa shape index (κ1) is 14.3. The van der Waals surface area contributed by atoms with Gasteiger partial charge in [-0.2, -0.15) is 0 Å². The average molecular weight is 222 g/mol. The molecule has 1 aliphatic heterocycles. The van der Waals surface area contributed by atoms with Crippen LogP contribution in [0.2, 0.25) is 0 Å². The van der Waals surface area contributed by atoms with E-state index in [1.807, 2.05) is 6.92 Å². The lowest BCUT2D eigenvalue weighted by Crippen LogP contribution is -2.06. The molecule has 90 valence electrons. The SMILES string of the molecule is CCOCCOC(C)=O.OC1OCCO1. The van der Waals surface area contributed by atoms with Gasteiger partial charge >= 0.3 is 5.97 Å². The molecule has 0 radical (unpaired) electrons. The summed E-state index contributed by atoms with van der Waals surface area (Å²) in [7, 11) is 0. The van der Waals surface area contributed by atoms with Crippen molar-refractivity contribution in [2.75, 3.05) is 33.0 Å². The molecule has 1 saturated heterocycles. The van der Waals surface area contributed by atoms with Crippen LogP contribution in [0.25, 0.3) is 0 Å². The molecule has 0 aromatic carbocycles. The first-order chi connectivity index (χ1) is 7.16. The topological polar surface area (TPSA) is 74.2 Å². The highest BCUT2D eigenvalue weighted by Crippen LogP contribution is 1.96. The third kappa shape index (κ3) is 11.2. The van der Waals surface area contributed by atoms with Crippen LogP contribution in [-0.4, -0.2) is 50.6 Å². The molecular weight excluding hydrogens is 204 g/mol. The molecule has 6 nitrogen and oxygen atoms in total. The van der Waals surface area contributed by atoms with Crippen LogP contribution in [0, 0.1) is 0 Å². The summed E-state index contributed by atoms with van der Waals surface area (Å²) in [5.41, 5.74) is 0. The lowest BCUT2D eigenvalue weighted by atomic mass is 10.7. The van der Waals surface area contributed by atoms with Crippen molar-refractivity contribution in [1.29, 1.82) is 0 Å². The number of carbonyl (C=O) groups excluding carboxylic acids is 1. The number of aliphatic hydroxyl groups is 1. The summed E-state index contributed by atoms with van der Waals surface area (Å²) < 4.78 is 18.5. The summed E-state index contributed by atoms with van der Waals surface area (Å²) in [5.74, 6) is -0.255. The van der Waals surface area contributed by atoms with Crippen molar-refractivity contribution >= 4 is 5.97 Å². The van der Waals surface area contributed by atoms with Crippen LogP contribution in [-0.2, 0) is 23.7 Å². The van der Waals surface area contributed by atoms with Gasteiger partial charge in [-0.25, -0.2) is 0 Å². The number of aliphatic hydroxyl groups excluding tert-OH is 1. The summed E-state index contributed by atoms with van der Waals surface area (Å²) in [4.78, 5) is 10.1. The number of carbonyl (C=O) groups is 1. The molecule has 0 amide bonds. The molecule has 1 rings (SSSR count). The lowest BCUT2D eigenvalue weighted by Gasteiger charge is -1.99. The monoisotopic (exact) mass is 222 g/mol. The number of hydrogen-bond donors (Lipinski definition) is 1. The molecule has 1 aliphatic rings. The molecule has 0 spiro atoms. The lowest BCUT2D eigenvalue weighted by molar-refractivity contribution is -0.195. The number of rotatable bonds is 4. The van der Waals surface area contributed by atoms with E-state index in [0.717, 1.165) is 0 Å². The van der Waals surface area contributed by atoms with Crippen molar-refractivity contribution in [2.45, 2.75) is 20.3 Å². The Balaban J connectivity index is 0.000000280. The molecule has 0 aromatic heterocycles. The van der Waals surface area contributed by atoms with Crippen molar-refractivity contribution in [1.82, 2.24) is 0 Å². The standard InChI is InChI=1S/C6H12O3.C3H6O3/c1-3-8-4-5-9-6(2)7;4-3-5-1-2-6-3/h3-5H2,1-2H3;3-4H,1-2H2. The maximum atomic E-state index is 10.1. The van der Waals surface area contributed by atoms with Gasteiger partial charge in [-0.15, -0.1) is 0 Å². The van der Waals surface area contributed by atoms with E-state index in [1.165, 1.54) is 6.92 Å². The van der Waals surface area contributed by atoms with Gasteiger partial charge in [0.25, 0.3) is 6.48 Å². The van der Waals surface area contributed by atoms with Gasteiger partial charge < -0.3 is 24.1 Å². The van der Waals surface area contributed by atoms with E-state index < -0.39 is 6.48 Å². The number of ether oxygens (including phenoxy) is 4. The Labute approximate surface area is 89.1 Å². The van der Waals surface area contributed by atoms with Crippen molar-refractivity contribution < 1.29 is 28.8 Å². The maximum absolute atomic E-state index is 10.1. The quantitative estimate of drug-likeness (QED) is 0.528. The predicted octanol–water partition coefficient (Wildman–Crippen LogP) is -0.105. The molecule has 1 fully saturated rings. The summed E-state index contributed by atoms with van der Waals surface area (Å²) >= 11 is 0. The average Bonchev–Trinajstić information content (AvgIpc) is 2.65. The zero-order valence-corrected chi connectivity index (χ0v) is 9.10. The first-order valence-corrected chi connectivity index (χ1v) is 4.79. The molecule has 0 atom stereocenters. The fourth-order valence-electron chi connectivity index (χ4n) is 0.735. The van der Waals surface area contributed by atoms with Crippen LogP contribution in [0.1, 0.15) is 13.8 Å². The normalized spacial score (nSPS) is 15.7. The van der Waals surface area contributed by atoms with E-state index >= 15 is 0 Å². The number of hydrogen-bond acceptors (Lipinski definition) is 6. The van der Waals surface area contributed by atoms with Gasteiger partial charge in [0.2, 0.25) is 0 Å². The van der Waals surface area contributed by atoms with Crippen molar-refractivity contribution in [3.63, 3.8) is 0 Å². The van der Waals surface area contributed by atoms with Crippen LogP contribution < -0.4 is 0 Å². The highest BCUT2D eigenvalue weighted by Gasteiger charge is 2.09. The zero-order valence-electron chi connectivity index (χ0n) is 9.10. The van der Waals surface area contributed by atoms with Crippen LogP contribution >= 0.6 is 0 Å². The van der Waals surface area contributed by atoms with Crippen molar-refractivity contribution in [3.05, 3.63) is 0 Å². The highest BCUT2D eigenvalue weighted by molar-refractivity contribution is 5.65. The van der Waals surface area contributed by atoms with Crippen LogP contribution in [0.15, 0.2) is 0 Å².